The molecule has 0 unspecified atom stereocenters. The van der Waals surface area contributed by atoms with Gasteiger partial charge >= 0.3 is 0 Å². The van der Waals surface area contributed by atoms with Gasteiger partial charge in [-0.3, -0.25) is 4.79 Å². The molecule has 0 fully saturated rings. The fourth-order valence-corrected chi connectivity index (χ4v) is 0.0680. The fourth-order valence-electron chi connectivity index (χ4n) is 0.0680. The number of aldehydes is 1. The van der Waals surface area contributed by atoms with Crippen molar-refractivity contribution in [2.45, 2.75) is 6.92 Å². The summed E-state index contributed by atoms with van der Waals surface area (Å²) < 4.78 is 0. The molecule has 0 spiro atoms. The van der Waals surface area contributed by atoms with Crippen molar-refractivity contribution in [3.63, 3.8) is 0 Å². The summed E-state index contributed by atoms with van der Waals surface area (Å²) in [6, 6.07) is 0. The first-order chi connectivity index (χ1) is 2.81. The Morgan fingerprint density at radius 2 is 2.33 bits per heavy atom. The largest absolute Gasteiger partial charge is 0.299 e. The van der Waals surface area contributed by atoms with Gasteiger partial charge in [0.05, 0.1) is 0 Å². The molecule has 0 bridgehead atoms. The van der Waals surface area contributed by atoms with Crippen LogP contribution in [0.15, 0.2) is 11.5 Å². The Kier molecular flexibility index (Phi) is 2.46. The van der Waals surface area contributed by atoms with E-state index in [1.165, 1.54) is 0 Å². The van der Waals surface area contributed by atoms with Gasteiger partial charge in [0.1, 0.15) is 14.1 Å². The van der Waals surface area contributed by atoms with Crippen LogP contribution in [0.2, 0.25) is 0 Å². The van der Waals surface area contributed by atoms with E-state index in [1.807, 2.05) is 6.92 Å². The standard InChI is InChI=1S/C4H7BO/c1-2-4(5)3-6/h2-3H,5H2,1H3/b4-2-. The number of carbonyl (C=O) groups is 1. The Hall–Kier alpha value is -0.525. The second-order valence-corrected chi connectivity index (χ2v) is 1.15. The van der Waals surface area contributed by atoms with Gasteiger partial charge in [0.25, 0.3) is 0 Å². The molecule has 0 aliphatic rings. The molecular weight excluding hydrogens is 74.9 g/mol. The van der Waals surface area contributed by atoms with Gasteiger partial charge in [0, 0.05) is 0 Å². The lowest BCUT2D eigenvalue weighted by atomic mass is 9.98. The highest BCUT2D eigenvalue weighted by molar-refractivity contribution is 6.31. The molecule has 0 saturated heterocycles. The Balaban J connectivity index is 3.50. The topological polar surface area (TPSA) is 17.1 Å². The van der Waals surface area contributed by atoms with Crippen LogP contribution in [0.3, 0.4) is 0 Å². The molecular formula is C4H7BO. The lowest BCUT2D eigenvalue weighted by Crippen LogP contribution is -1.77. The van der Waals surface area contributed by atoms with E-state index in [4.69, 9.17) is 0 Å². The van der Waals surface area contributed by atoms with Crippen LogP contribution in [-0.4, -0.2) is 14.1 Å². The highest BCUT2D eigenvalue weighted by Crippen LogP contribution is 1.73. The van der Waals surface area contributed by atoms with E-state index in [0.29, 0.717) is 0 Å². The van der Waals surface area contributed by atoms with Gasteiger partial charge in [-0.05, 0) is 6.92 Å². The predicted octanol–water partition coefficient (Wildman–Crippen LogP) is -0.278. The molecule has 0 rings (SSSR count). The van der Waals surface area contributed by atoms with Crippen LogP contribution in [0.4, 0.5) is 0 Å². The van der Waals surface area contributed by atoms with Crippen molar-refractivity contribution in [3.8, 4) is 0 Å². The summed E-state index contributed by atoms with van der Waals surface area (Å²) in [5.41, 5.74) is 0.787. The maximum atomic E-state index is 9.67. The molecule has 0 aromatic carbocycles. The molecule has 2 heteroatoms. The summed E-state index contributed by atoms with van der Waals surface area (Å²) in [6.45, 7) is 1.84. The zero-order valence-corrected chi connectivity index (χ0v) is 4.06. The van der Waals surface area contributed by atoms with E-state index in [9.17, 15) is 4.79 Å². The van der Waals surface area contributed by atoms with Crippen molar-refractivity contribution in [2.24, 2.45) is 0 Å². The smallest absolute Gasteiger partial charge is 0.143 e. The third kappa shape index (κ3) is 1.76. The molecule has 0 aromatic rings. The van der Waals surface area contributed by atoms with Crippen LogP contribution < -0.4 is 0 Å². The molecule has 32 valence electrons. The van der Waals surface area contributed by atoms with Crippen molar-refractivity contribution in [2.75, 3.05) is 0 Å². The summed E-state index contributed by atoms with van der Waals surface area (Å²) in [4.78, 5) is 9.67. The SMILES string of the molecule is B/C(C=O)=C\C. The first-order valence-electron chi connectivity index (χ1n) is 1.89. The van der Waals surface area contributed by atoms with E-state index in [-0.39, 0.29) is 0 Å². The van der Waals surface area contributed by atoms with Crippen LogP contribution in [0, 0.1) is 0 Å². The Bertz CT molecular complexity index is 75.6. The summed E-state index contributed by atoms with van der Waals surface area (Å²) in [6.07, 6.45) is 2.60. The van der Waals surface area contributed by atoms with Gasteiger partial charge in [0.2, 0.25) is 0 Å². The molecule has 0 atom stereocenters. The Morgan fingerprint density at radius 3 is 2.33 bits per heavy atom. The average molecular weight is 81.9 g/mol. The average Bonchev–Trinajstić information content (AvgIpc) is 1.65. The van der Waals surface area contributed by atoms with Gasteiger partial charge in [-0.2, -0.15) is 0 Å². The van der Waals surface area contributed by atoms with Crippen molar-refractivity contribution in [1.29, 1.82) is 0 Å². The van der Waals surface area contributed by atoms with Crippen LogP contribution in [0.5, 0.6) is 0 Å². The minimum Gasteiger partial charge on any atom is -0.299 e. The molecule has 0 saturated carbocycles. The van der Waals surface area contributed by atoms with Crippen LogP contribution in [0.1, 0.15) is 6.92 Å². The molecule has 0 heterocycles. The Labute approximate surface area is 38.5 Å². The summed E-state index contributed by atoms with van der Waals surface area (Å²) in [5.74, 6) is 0. The second kappa shape index (κ2) is 2.70. The van der Waals surface area contributed by atoms with Crippen molar-refractivity contribution in [1.82, 2.24) is 0 Å². The third-order valence-electron chi connectivity index (χ3n) is 0.641. The van der Waals surface area contributed by atoms with Crippen LogP contribution >= 0.6 is 0 Å². The highest BCUT2D eigenvalue weighted by atomic mass is 16.1. The van der Waals surface area contributed by atoms with E-state index < -0.39 is 0 Å². The number of rotatable bonds is 1. The summed E-state index contributed by atoms with van der Waals surface area (Å²) in [5, 5.41) is 0. The maximum Gasteiger partial charge on any atom is 0.143 e. The molecule has 0 radical (unpaired) electrons. The molecule has 0 aliphatic heterocycles. The minimum atomic E-state index is 0.787. The fraction of sp³-hybridized carbons (Fsp3) is 0.250. The number of hydrogen-bond donors (Lipinski definition) is 0. The lowest BCUT2D eigenvalue weighted by molar-refractivity contribution is -0.104. The first kappa shape index (κ1) is 5.47. The number of hydrogen-bond acceptors (Lipinski definition) is 1. The number of allylic oxidation sites excluding steroid dienone is 2. The molecule has 0 aliphatic carbocycles. The second-order valence-electron chi connectivity index (χ2n) is 1.15. The summed E-state index contributed by atoms with van der Waals surface area (Å²) >= 11 is 0. The van der Waals surface area contributed by atoms with E-state index in [2.05, 4.69) is 0 Å². The third-order valence-corrected chi connectivity index (χ3v) is 0.641. The molecule has 6 heavy (non-hydrogen) atoms. The van der Waals surface area contributed by atoms with E-state index in [0.717, 1.165) is 11.8 Å². The minimum absolute atomic E-state index is 0.787. The van der Waals surface area contributed by atoms with Crippen molar-refractivity contribution < 1.29 is 4.79 Å². The van der Waals surface area contributed by atoms with Crippen molar-refractivity contribution >= 4 is 14.1 Å². The highest BCUT2D eigenvalue weighted by Gasteiger charge is 1.73. The molecule has 0 aromatic heterocycles. The van der Waals surface area contributed by atoms with Gasteiger partial charge in [-0.1, -0.05) is 11.5 Å². The monoisotopic (exact) mass is 82.1 g/mol. The molecule has 0 N–H and O–H groups in total. The lowest BCUT2D eigenvalue weighted by Gasteiger charge is -1.73. The van der Waals surface area contributed by atoms with Gasteiger partial charge in [-0.25, -0.2) is 0 Å². The predicted molar refractivity (Wildman–Crippen MR) is 28.4 cm³/mol. The van der Waals surface area contributed by atoms with Crippen molar-refractivity contribution in [3.05, 3.63) is 11.5 Å². The first-order valence-corrected chi connectivity index (χ1v) is 1.89. The zero-order chi connectivity index (χ0) is 4.99. The molecule has 1 nitrogen and oxygen atoms in total. The normalized spacial score (nSPS) is 11.2. The van der Waals surface area contributed by atoms with Gasteiger partial charge in [-0.15, -0.1) is 0 Å². The number of carbonyl (C=O) groups excluding carboxylic acids is 1. The van der Waals surface area contributed by atoms with E-state index in [1.54, 1.807) is 13.9 Å². The van der Waals surface area contributed by atoms with Gasteiger partial charge < -0.3 is 0 Å². The van der Waals surface area contributed by atoms with E-state index >= 15 is 0 Å². The maximum absolute atomic E-state index is 9.67. The van der Waals surface area contributed by atoms with Gasteiger partial charge in [0.15, 0.2) is 0 Å². The Morgan fingerprint density at radius 1 is 1.83 bits per heavy atom. The molecule has 0 amide bonds. The van der Waals surface area contributed by atoms with Crippen LogP contribution in [0.25, 0.3) is 0 Å². The zero-order valence-electron chi connectivity index (χ0n) is 4.06. The van der Waals surface area contributed by atoms with Crippen LogP contribution in [-0.2, 0) is 4.79 Å². The summed E-state index contributed by atoms with van der Waals surface area (Å²) in [7, 11) is 1.77. The quantitative estimate of drug-likeness (QED) is 0.241.